The van der Waals surface area contributed by atoms with Crippen LogP contribution in [0.5, 0.6) is 0 Å². The lowest BCUT2D eigenvalue weighted by molar-refractivity contribution is 0.297. The van der Waals surface area contributed by atoms with Crippen LogP contribution in [0.15, 0.2) is 24.3 Å². The maximum atomic E-state index is 7.10. The van der Waals surface area contributed by atoms with Crippen LogP contribution in [0.2, 0.25) is 51.4 Å². The molecule has 1 aromatic carbocycles. The molecule has 1 aromatic rings. The molecule has 332 valence electrons. The third kappa shape index (κ3) is 12.4. The van der Waals surface area contributed by atoms with E-state index in [2.05, 4.69) is 98.2 Å². The number of fused-ring (bicyclic) bond motifs is 4. The first-order chi connectivity index (χ1) is 26.9. The van der Waals surface area contributed by atoms with Gasteiger partial charge < -0.3 is 23.1 Å². The second kappa shape index (κ2) is 19.2. The van der Waals surface area contributed by atoms with Crippen molar-refractivity contribution in [3.63, 3.8) is 0 Å². The molecular weight excluding hydrogens is 765 g/mol. The second-order valence-electron chi connectivity index (χ2n) is 23.0. The Hall–Kier alpha value is -0.329. The zero-order valence-corrected chi connectivity index (χ0v) is 41.6. The van der Waals surface area contributed by atoms with Crippen LogP contribution in [0.1, 0.15) is 150 Å². The molecule has 0 radical (unpaired) electrons. The molecule has 8 fully saturated rings. The normalized spacial score (nSPS) is 35.9. The molecule has 12 atom stereocenters. The van der Waals surface area contributed by atoms with Crippen LogP contribution in [0.4, 0.5) is 0 Å². The zero-order valence-electron chi connectivity index (χ0n) is 38.6. The van der Waals surface area contributed by atoms with E-state index >= 15 is 0 Å². The molecule has 58 heavy (non-hydrogen) atoms. The molecule has 0 N–H and O–H groups in total. The van der Waals surface area contributed by atoms with Crippen molar-refractivity contribution in [2.24, 2.45) is 29.6 Å². The highest BCUT2D eigenvalue weighted by atomic mass is 28.4. The van der Waals surface area contributed by atoms with Crippen LogP contribution in [0.3, 0.4) is 0 Å². The van der Waals surface area contributed by atoms with Crippen molar-refractivity contribution in [2.75, 3.05) is 0 Å². The zero-order chi connectivity index (χ0) is 40.8. The van der Waals surface area contributed by atoms with Gasteiger partial charge in [-0.2, -0.15) is 0 Å². The Morgan fingerprint density at radius 3 is 1.45 bits per heavy atom. The third-order valence-corrected chi connectivity index (χ3v) is 29.6. The average molecular weight is 856 g/mol. The lowest BCUT2D eigenvalue weighted by atomic mass is 9.82. The van der Waals surface area contributed by atoms with E-state index in [4.69, 9.17) is 23.1 Å². The van der Waals surface area contributed by atoms with E-state index in [-0.39, 0.29) is 12.5 Å². The molecule has 9 rings (SSSR count). The fourth-order valence-corrected chi connectivity index (χ4v) is 22.8. The monoisotopic (exact) mass is 855 g/mol. The minimum absolute atomic E-state index is 0. The highest BCUT2D eigenvalue weighted by molar-refractivity contribution is 6.92. The van der Waals surface area contributed by atoms with Crippen molar-refractivity contribution in [1.82, 2.24) is 0 Å². The molecule has 4 saturated carbocycles. The van der Waals surface area contributed by atoms with Crippen LogP contribution >= 0.6 is 0 Å². The smallest absolute Gasteiger partial charge is 0.205 e. The van der Waals surface area contributed by atoms with E-state index in [1.807, 2.05) is 0 Å². The third-order valence-electron chi connectivity index (χ3n) is 16.9. The molecule has 4 heterocycles. The van der Waals surface area contributed by atoms with Gasteiger partial charge in [-0.15, -0.1) is 0 Å². The predicted molar refractivity (Wildman–Crippen MR) is 252 cm³/mol. The summed E-state index contributed by atoms with van der Waals surface area (Å²) >= 11 is 0. The maximum Gasteiger partial charge on any atom is 0.205 e. The summed E-state index contributed by atoms with van der Waals surface area (Å²) in [5.41, 5.74) is 1.53. The van der Waals surface area contributed by atoms with Crippen molar-refractivity contribution >= 4 is 29.9 Å². The van der Waals surface area contributed by atoms with Crippen molar-refractivity contribution in [2.45, 2.75) is 250 Å². The van der Waals surface area contributed by atoms with Gasteiger partial charge in [0.25, 0.3) is 0 Å². The summed E-state index contributed by atoms with van der Waals surface area (Å²) in [6.07, 6.45) is 26.8. The summed E-state index contributed by atoms with van der Waals surface area (Å²) in [5, 5.41) is 1.73. The van der Waals surface area contributed by atoms with Crippen molar-refractivity contribution in [1.29, 1.82) is 0 Å². The van der Waals surface area contributed by atoms with E-state index < -0.39 is 24.7 Å². The lowest BCUT2D eigenvalue weighted by Gasteiger charge is -2.42. The average Bonchev–Trinajstić information content (AvgIpc) is 3.99. The van der Waals surface area contributed by atoms with Crippen LogP contribution in [0, 0.1) is 29.6 Å². The maximum absolute atomic E-state index is 7.10. The molecule has 8 aliphatic rings. The van der Waals surface area contributed by atoms with Gasteiger partial charge in [-0.25, -0.2) is 0 Å². The van der Waals surface area contributed by atoms with E-state index in [1.54, 1.807) is 0 Å². The Kier molecular flexibility index (Phi) is 15.6. The second-order valence-corrected chi connectivity index (χ2v) is 37.0. The van der Waals surface area contributed by atoms with Gasteiger partial charge >= 0.3 is 0 Å². The van der Waals surface area contributed by atoms with Crippen molar-refractivity contribution in [3.05, 3.63) is 29.8 Å². The number of rotatable bonds is 14. The highest BCUT2D eigenvalue weighted by Gasteiger charge is 2.48. The first-order valence-electron chi connectivity index (χ1n) is 24.4. The predicted octanol–water partition coefficient (Wildman–Crippen LogP) is 13.0. The Morgan fingerprint density at radius 1 is 0.586 bits per heavy atom. The molecule has 8 heteroatoms. The first-order valence-corrected chi connectivity index (χ1v) is 33.6. The van der Waals surface area contributed by atoms with Gasteiger partial charge in [-0.05, 0) is 155 Å². The Balaban J connectivity index is 0.000000217. The number of hydrogen-bond donors (Lipinski definition) is 0. The highest BCUT2D eigenvalue weighted by Crippen LogP contribution is 2.45. The molecule has 4 saturated heterocycles. The summed E-state index contributed by atoms with van der Waals surface area (Å²) in [6.45, 7) is 27.0. The van der Waals surface area contributed by atoms with Crippen LogP contribution in [-0.2, 0) is 28.1 Å². The molecular formula is C50H90O5Si3. The SMILES string of the molecule is C.CC(C)(c1ccc([Si](C)(C)O[Si](C)(C)CCC2CCC3OC3C2)cc1)[Si](C)(C)CCC1CCC2OC2C1.CC(C)C1CCC2OC2C1.CCCC1CCC2OC2C1. The lowest BCUT2D eigenvalue weighted by Crippen LogP contribution is -2.53. The number of benzene rings is 1. The summed E-state index contributed by atoms with van der Waals surface area (Å²) in [6, 6.07) is 12.5. The molecule has 0 amide bonds. The molecule has 0 spiro atoms. The number of epoxide rings is 4. The van der Waals surface area contributed by atoms with Gasteiger partial charge in [0.1, 0.15) is 0 Å². The van der Waals surface area contributed by atoms with E-state index in [1.165, 1.54) is 126 Å². The van der Waals surface area contributed by atoms with Gasteiger partial charge in [0, 0.05) is 0 Å². The molecule has 5 nitrogen and oxygen atoms in total. The van der Waals surface area contributed by atoms with E-state index in [0.29, 0.717) is 48.8 Å². The molecule has 0 bridgehead atoms. The van der Waals surface area contributed by atoms with Crippen molar-refractivity contribution < 1.29 is 23.1 Å². The first kappa shape index (κ1) is 47.2. The summed E-state index contributed by atoms with van der Waals surface area (Å²) in [4.78, 5) is 0. The largest absolute Gasteiger partial charge is 0.452 e. The molecule has 12 unspecified atom stereocenters. The quantitative estimate of drug-likeness (QED) is 0.138. The van der Waals surface area contributed by atoms with Gasteiger partial charge in [-0.3, -0.25) is 0 Å². The van der Waals surface area contributed by atoms with Crippen LogP contribution in [0.25, 0.3) is 0 Å². The minimum Gasteiger partial charge on any atom is -0.452 e. The topological polar surface area (TPSA) is 59.4 Å². The Morgan fingerprint density at radius 2 is 1.02 bits per heavy atom. The van der Waals surface area contributed by atoms with Gasteiger partial charge in [-0.1, -0.05) is 111 Å². The Bertz CT molecular complexity index is 1440. The minimum atomic E-state index is -1.94. The number of hydrogen-bond acceptors (Lipinski definition) is 5. The van der Waals surface area contributed by atoms with E-state index in [0.717, 1.165) is 29.6 Å². The fraction of sp³-hybridized carbons (Fsp3) is 0.880. The fourth-order valence-electron chi connectivity index (χ4n) is 11.6. The number of ether oxygens (including phenoxy) is 4. The molecule has 4 aliphatic heterocycles. The van der Waals surface area contributed by atoms with Crippen molar-refractivity contribution in [3.8, 4) is 0 Å². The van der Waals surface area contributed by atoms with Crippen LogP contribution in [-0.4, -0.2) is 73.5 Å². The van der Waals surface area contributed by atoms with E-state index in [9.17, 15) is 0 Å². The molecule has 0 aromatic heterocycles. The van der Waals surface area contributed by atoms with Gasteiger partial charge in [0.2, 0.25) is 8.32 Å². The molecule has 4 aliphatic carbocycles. The standard InChI is InChI=1S/C31H54O3Si3.2C9H16O.CH4/c1-31(2,35(3,4)19-17-23-9-15-27-29(21-23)32-27)25-11-13-26(14-12-25)37(7,8)34-36(5,6)20-18-24-10-16-28-30(22-24)33-28;1-6(2)7-3-4-8-9(5-7)10-8;1-2-3-7-4-5-8-9(6-7)10-8;/h11-14,23-24,27-30H,9-10,15-22H2,1-8H3;6-9H,3-5H2,1-2H3;7-9H,2-6H2,1H3;1H4. The van der Waals surface area contributed by atoms with Gasteiger partial charge in [0.15, 0.2) is 8.32 Å². The van der Waals surface area contributed by atoms with Gasteiger partial charge in [0.05, 0.1) is 56.9 Å². The van der Waals surface area contributed by atoms with Crippen LogP contribution < -0.4 is 5.19 Å². The Labute approximate surface area is 360 Å². The summed E-state index contributed by atoms with van der Waals surface area (Å²) < 4.78 is 29.6. The summed E-state index contributed by atoms with van der Waals surface area (Å²) in [5.74, 6) is 4.56. The summed E-state index contributed by atoms with van der Waals surface area (Å²) in [7, 11) is -5.10.